The zero-order chi connectivity index (χ0) is 23.9. The fourth-order valence-corrected chi connectivity index (χ4v) is 6.55. The Kier molecular flexibility index (Phi) is 8.15. The van der Waals surface area contributed by atoms with Crippen LogP contribution in [0.1, 0.15) is 42.9 Å². The highest BCUT2D eigenvalue weighted by Crippen LogP contribution is 2.47. The van der Waals surface area contributed by atoms with E-state index in [1.807, 2.05) is 0 Å². The van der Waals surface area contributed by atoms with E-state index in [4.69, 9.17) is 5.73 Å². The highest BCUT2D eigenvalue weighted by Gasteiger charge is 2.34. The summed E-state index contributed by atoms with van der Waals surface area (Å²) in [6.07, 6.45) is -0.716. The van der Waals surface area contributed by atoms with Gasteiger partial charge in [-0.15, -0.1) is 12.4 Å². The molecule has 3 N–H and O–H groups in total. The molecular weight excluding hydrogens is 493 g/mol. The molecule has 35 heavy (non-hydrogen) atoms. The van der Waals surface area contributed by atoms with Crippen molar-refractivity contribution >= 4 is 35.5 Å². The highest BCUT2D eigenvalue weighted by molar-refractivity contribution is 7.99. The Morgan fingerprint density at radius 2 is 1.83 bits per heavy atom. The molecule has 2 aromatic rings. The predicted octanol–water partition coefficient (Wildman–Crippen LogP) is 5.86. The topological polar surface area (TPSA) is 44.5 Å². The normalized spacial score (nSPS) is 20.8. The summed E-state index contributed by atoms with van der Waals surface area (Å²) in [5.74, 6) is 0.676. The second kappa shape index (κ2) is 10.8. The third-order valence-electron chi connectivity index (χ3n) is 7.36. The SMILES string of the molecule is CC1CCN(c2ccc3c(c2)Sc2cc(C(F)(F)F)cc(NC4CCN(CCN)CC4)c2C3)C1.Cl. The van der Waals surface area contributed by atoms with Crippen molar-refractivity contribution in [1.82, 2.24) is 4.90 Å². The van der Waals surface area contributed by atoms with Gasteiger partial charge in [0.2, 0.25) is 0 Å². The minimum atomic E-state index is -4.37. The Bertz CT molecular complexity index is 1040. The van der Waals surface area contributed by atoms with Crippen LogP contribution in [0.15, 0.2) is 40.1 Å². The monoisotopic (exact) mass is 526 g/mol. The van der Waals surface area contributed by atoms with Gasteiger partial charge in [-0.2, -0.15) is 13.2 Å². The number of alkyl halides is 3. The van der Waals surface area contributed by atoms with Gasteiger partial charge >= 0.3 is 6.18 Å². The maximum absolute atomic E-state index is 13.8. The smallest absolute Gasteiger partial charge is 0.382 e. The Morgan fingerprint density at radius 1 is 1.06 bits per heavy atom. The molecule has 0 aliphatic carbocycles. The van der Waals surface area contributed by atoms with Crippen molar-refractivity contribution in [3.05, 3.63) is 47.0 Å². The Labute approximate surface area is 216 Å². The van der Waals surface area contributed by atoms with Crippen molar-refractivity contribution in [1.29, 1.82) is 0 Å². The number of piperidine rings is 1. The lowest BCUT2D eigenvalue weighted by atomic mass is 9.98. The number of rotatable bonds is 5. The number of hydrogen-bond donors (Lipinski definition) is 2. The lowest BCUT2D eigenvalue weighted by molar-refractivity contribution is -0.137. The largest absolute Gasteiger partial charge is 0.416 e. The number of benzene rings is 2. The molecule has 2 aromatic carbocycles. The van der Waals surface area contributed by atoms with E-state index in [2.05, 4.69) is 40.2 Å². The lowest BCUT2D eigenvalue weighted by Gasteiger charge is -2.34. The number of nitrogens with zero attached hydrogens (tertiary/aromatic N) is 2. The van der Waals surface area contributed by atoms with Gasteiger partial charge in [0.05, 0.1) is 5.56 Å². The summed E-state index contributed by atoms with van der Waals surface area (Å²) >= 11 is 1.48. The van der Waals surface area contributed by atoms with Crippen LogP contribution < -0.4 is 16.0 Å². The first-order chi connectivity index (χ1) is 16.3. The minimum Gasteiger partial charge on any atom is -0.382 e. The molecule has 9 heteroatoms. The van der Waals surface area contributed by atoms with Crippen molar-refractivity contribution in [3.8, 4) is 0 Å². The molecule has 0 saturated carbocycles. The quantitative estimate of drug-likeness (QED) is 0.436. The molecule has 0 aromatic heterocycles. The zero-order valence-corrected chi connectivity index (χ0v) is 21.7. The summed E-state index contributed by atoms with van der Waals surface area (Å²) in [5.41, 5.74) is 9.08. The van der Waals surface area contributed by atoms with Crippen molar-refractivity contribution in [3.63, 3.8) is 0 Å². The molecule has 192 valence electrons. The second-order valence-electron chi connectivity index (χ2n) is 9.96. The van der Waals surface area contributed by atoms with Crippen molar-refractivity contribution in [2.75, 3.05) is 49.5 Å². The van der Waals surface area contributed by atoms with E-state index < -0.39 is 11.7 Å². The average molecular weight is 527 g/mol. The van der Waals surface area contributed by atoms with Crippen LogP contribution in [0, 0.1) is 5.92 Å². The average Bonchev–Trinajstić information content (AvgIpc) is 3.24. The fraction of sp³-hybridized carbons (Fsp3) is 0.538. The number of nitrogens with one attached hydrogen (secondary N) is 1. The van der Waals surface area contributed by atoms with Gasteiger partial charge in [-0.3, -0.25) is 0 Å². The number of hydrogen-bond acceptors (Lipinski definition) is 5. The van der Waals surface area contributed by atoms with Crippen LogP contribution in [-0.4, -0.2) is 50.2 Å². The summed E-state index contributed by atoms with van der Waals surface area (Å²) in [5, 5.41) is 3.50. The van der Waals surface area contributed by atoms with Crippen LogP contribution in [0.5, 0.6) is 0 Å². The molecule has 1 atom stereocenters. The van der Waals surface area contributed by atoms with E-state index in [0.717, 1.165) is 60.9 Å². The Balaban J connectivity index is 0.00000289. The number of nitrogens with two attached hydrogens (primary N) is 1. The number of halogens is 4. The highest BCUT2D eigenvalue weighted by atomic mass is 35.5. The summed E-state index contributed by atoms with van der Waals surface area (Å²) in [6.45, 7) is 7.69. The molecule has 0 bridgehead atoms. The third-order valence-corrected chi connectivity index (χ3v) is 8.54. The molecule has 0 radical (unpaired) electrons. The lowest BCUT2D eigenvalue weighted by Crippen LogP contribution is -2.41. The van der Waals surface area contributed by atoms with Crippen molar-refractivity contribution in [2.24, 2.45) is 11.7 Å². The molecule has 0 spiro atoms. The summed E-state index contributed by atoms with van der Waals surface area (Å²) < 4.78 is 41.4. The number of fused-ring (bicyclic) bond motifs is 2. The van der Waals surface area contributed by atoms with Crippen LogP contribution in [-0.2, 0) is 12.6 Å². The molecule has 5 rings (SSSR count). The maximum atomic E-state index is 13.8. The summed E-state index contributed by atoms with van der Waals surface area (Å²) in [6, 6.07) is 9.33. The van der Waals surface area contributed by atoms with E-state index in [0.29, 0.717) is 24.6 Å². The van der Waals surface area contributed by atoms with Crippen LogP contribution >= 0.6 is 24.2 Å². The van der Waals surface area contributed by atoms with Gasteiger partial charge < -0.3 is 20.9 Å². The third kappa shape index (κ3) is 5.87. The molecule has 0 amide bonds. The summed E-state index contributed by atoms with van der Waals surface area (Å²) in [4.78, 5) is 6.50. The molecular formula is C26H34ClF3N4S. The minimum absolute atomic E-state index is 0. The first-order valence-corrected chi connectivity index (χ1v) is 13.1. The summed E-state index contributed by atoms with van der Waals surface area (Å²) in [7, 11) is 0. The van der Waals surface area contributed by atoms with Crippen LogP contribution in [0.4, 0.5) is 24.5 Å². The molecule has 3 aliphatic heterocycles. The standard InChI is InChI=1S/C26H33F3N4S.ClH/c1-17-4-10-33(16-17)21-3-2-18-12-22-23(31-20-5-8-32(9-6-20)11-7-30)13-19(26(27,28)29)14-25(22)34-24(18)15-21;/h2-3,13-15,17,20,31H,4-12,16,30H2,1H3;1H. The van der Waals surface area contributed by atoms with Gasteiger partial charge in [-0.05, 0) is 60.6 Å². The van der Waals surface area contributed by atoms with Gasteiger partial charge in [0.25, 0.3) is 0 Å². The molecule has 3 heterocycles. The van der Waals surface area contributed by atoms with Gasteiger partial charge in [0.1, 0.15) is 0 Å². The molecule has 1 unspecified atom stereocenters. The van der Waals surface area contributed by atoms with E-state index in [-0.39, 0.29) is 18.4 Å². The Morgan fingerprint density at radius 3 is 2.49 bits per heavy atom. The van der Waals surface area contributed by atoms with Crippen molar-refractivity contribution < 1.29 is 13.2 Å². The van der Waals surface area contributed by atoms with E-state index in [1.165, 1.54) is 41.6 Å². The molecule has 2 saturated heterocycles. The molecule has 2 fully saturated rings. The molecule has 4 nitrogen and oxygen atoms in total. The van der Waals surface area contributed by atoms with Crippen molar-refractivity contribution in [2.45, 2.75) is 54.6 Å². The van der Waals surface area contributed by atoms with Gasteiger partial charge in [-0.25, -0.2) is 0 Å². The zero-order valence-electron chi connectivity index (χ0n) is 20.0. The van der Waals surface area contributed by atoms with Crippen LogP contribution in [0.3, 0.4) is 0 Å². The van der Waals surface area contributed by atoms with Gasteiger partial charge in [0.15, 0.2) is 0 Å². The number of likely N-dealkylation sites (tertiary alicyclic amines) is 1. The second-order valence-corrected chi connectivity index (χ2v) is 11.0. The molecule has 3 aliphatic rings. The first-order valence-electron chi connectivity index (χ1n) is 12.3. The maximum Gasteiger partial charge on any atom is 0.416 e. The van der Waals surface area contributed by atoms with E-state index >= 15 is 0 Å². The van der Waals surface area contributed by atoms with Crippen LogP contribution in [0.2, 0.25) is 0 Å². The van der Waals surface area contributed by atoms with Crippen LogP contribution in [0.25, 0.3) is 0 Å². The van der Waals surface area contributed by atoms with E-state index in [9.17, 15) is 13.2 Å². The first kappa shape index (κ1) is 26.5. The fourth-order valence-electron chi connectivity index (χ4n) is 5.37. The van der Waals surface area contributed by atoms with Gasteiger partial charge in [0, 0.05) is 72.9 Å². The van der Waals surface area contributed by atoms with Gasteiger partial charge in [-0.1, -0.05) is 24.8 Å². The predicted molar refractivity (Wildman–Crippen MR) is 140 cm³/mol. The van der Waals surface area contributed by atoms with E-state index in [1.54, 1.807) is 0 Å². The Hall–Kier alpha value is -1.61. The number of anilines is 2.